The van der Waals surface area contributed by atoms with Gasteiger partial charge < -0.3 is 4.84 Å². The van der Waals surface area contributed by atoms with E-state index < -0.39 is 10.8 Å². The fourth-order valence-electron chi connectivity index (χ4n) is 0.951. The van der Waals surface area contributed by atoms with Gasteiger partial charge in [0, 0.05) is 12.1 Å². The highest BCUT2D eigenvalue weighted by Crippen LogP contribution is 2.10. The number of carbonyl (C=O) groups is 1. The predicted molar refractivity (Wildman–Crippen MR) is 53.7 cm³/mol. The van der Waals surface area contributed by atoms with Gasteiger partial charge in [-0.1, -0.05) is 23.2 Å². The SMILES string of the molecule is CC(C)N(OC(=O)C(Cl)Cl)C(C)C. The highest BCUT2D eigenvalue weighted by atomic mass is 35.5. The largest absolute Gasteiger partial charge is 0.365 e. The van der Waals surface area contributed by atoms with E-state index in [0.717, 1.165) is 0 Å². The Labute approximate surface area is 88.9 Å². The minimum absolute atomic E-state index is 0.107. The van der Waals surface area contributed by atoms with E-state index in [4.69, 9.17) is 28.0 Å². The molecule has 0 fully saturated rings. The van der Waals surface area contributed by atoms with E-state index in [1.54, 1.807) is 5.06 Å². The second kappa shape index (κ2) is 5.68. The third-order valence-electron chi connectivity index (χ3n) is 1.39. The van der Waals surface area contributed by atoms with Crippen LogP contribution in [-0.4, -0.2) is 28.0 Å². The smallest absolute Gasteiger partial charge is 0.358 e. The van der Waals surface area contributed by atoms with E-state index in [1.165, 1.54) is 0 Å². The van der Waals surface area contributed by atoms with E-state index in [0.29, 0.717) is 0 Å². The second-order valence-corrected chi connectivity index (χ2v) is 4.35. The van der Waals surface area contributed by atoms with Crippen LogP contribution in [0.5, 0.6) is 0 Å². The van der Waals surface area contributed by atoms with Crippen LogP contribution in [0.1, 0.15) is 27.7 Å². The van der Waals surface area contributed by atoms with Gasteiger partial charge in [-0.05, 0) is 27.7 Å². The van der Waals surface area contributed by atoms with Crippen LogP contribution in [-0.2, 0) is 9.63 Å². The zero-order valence-electron chi connectivity index (χ0n) is 8.25. The van der Waals surface area contributed by atoms with Gasteiger partial charge in [0.2, 0.25) is 4.84 Å². The molecule has 78 valence electrons. The molecule has 13 heavy (non-hydrogen) atoms. The van der Waals surface area contributed by atoms with Gasteiger partial charge in [-0.2, -0.15) is 0 Å². The lowest BCUT2D eigenvalue weighted by molar-refractivity contribution is -0.207. The molecule has 0 aliphatic rings. The Balaban J connectivity index is 4.19. The average molecular weight is 228 g/mol. The molecule has 0 bridgehead atoms. The molecule has 0 atom stereocenters. The summed E-state index contributed by atoms with van der Waals surface area (Å²) in [5.74, 6) is -0.634. The molecule has 0 unspecified atom stereocenters. The Kier molecular flexibility index (Phi) is 5.68. The number of carbonyl (C=O) groups excluding carboxylic acids is 1. The lowest BCUT2D eigenvalue weighted by Gasteiger charge is -2.28. The molecule has 5 heteroatoms. The molecular formula is C8H15Cl2NO2. The monoisotopic (exact) mass is 227 g/mol. The Morgan fingerprint density at radius 1 is 1.15 bits per heavy atom. The van der Waals surface area contributed by atoms with Gasteiger partial charge in [0.05, 0.1) is 0 Å². The molecule has 0 aliphatic carbocycles. The summed E-state index contributed by atoms with van der Waals surface area (Å²) in [7, 11) is 0. The Morgan fingerprint density at radius 3 is 1.77 bits per heavy atom. The van der Waals surface area contributed by atoms with Crippen LogP contribution >= 0.6 is 23.2 Å². The standard InChI is InChI=1S/C8H15Cl2NO2/c1-5(2)11(6(3)4)13-8(12)7(9)10/h5-7H,1-4H3. The van der Waals surface area contributed by atoms with E-state index in [-0.39, 0.29) is 12.1 Å². The summed E-state index contributed by atoms with van der Waals surface area (Å²) in [6.45, 7) is 7.69. The van der Waals surface area contributed by atoms with E-state index in [2.05, 4.69) is 0 Å². The summed E-state index contributed by atoms with van der Waals surface area (Å²) >= 11 is 10.7. The second-order valence-electron chi connectivity index (χ2n) is 3.26. The van der Waals surface area contributed by atoms with Crippen LogP contribution in [0, 0.1) is 0 Å². The van der Waals surface area contributed by atoms with Crippen LogP contribution in [0.15, 0.2) is 0 Å². The van der Waals surface area contributed by atoms with Crippen molar-refractivity contribution in [2.24, 2.45) is 0 Å². The maximum absolute atomic E-state index is 11.0. The molecule has 0 aliphatic heterocycles. The van der Waals surface area contributed by atoms with Crippen LogP contribution in [0.25, 0.3) is 0 Å². The number of rotatable bonds is 4. The Hall–Kier alpha value is 0.01000. The Bertz CT molecular complexity index is 164. The summed E-state index contributed by atoms with van der Waals surface area (Å²) in [4.78, 5) is 14.9. The van der Waals surface area contributed by atoms with Crippen molar-refractivity contribution < 1.29 is 9.63 Å². The summed E-state index contributed by atoms with van der Waals surface area (Å²) in [6.07, 6.45) is 0. The molecule has 0 radical (unpaired) electrons. The fourth-order valence-corrected chi connectivity index (χ4v) is 1.03. The van der Waals surface area contributed by atoms with Crippen molar-refractivity contribution in [3.63, 3.8) is 0 Å². The number of hydrogen-bond donors (Lipinski definition) is 0. The molecule has 0 aromatic heterocycles. The minimum atomic E-state index is -1.13. The molecule has 0 N–H and O–H groups in total. The first-order valence-corrected chi connectivity index (χ1v) is 5.01. The first-order valence-electron chi connectivity index (χ1n) is 4.14. The van der Waals surface area contributed by atoms with Crippen molar-refractivity contribution >= 4 is 29.2 Å². The van der Waals surface area contributed by atoms with Crippen LogP contribution in [0.4, 0.5) is 0 Å². The van der Waals surface area contributed by atoms with Crippen molar-refractivity contribution in [3.8, 4) is 0 Å². The summed E-state index contributed by atoms with van der Waals surface area (Å²) in [5.41, 5.74) is 0. The zero-order valence-corrected chi connectivity index (χ0v) is 9.76. The van der Waals surface area contributed by atoms with Crippen molar-refractivity contribution in [2.75, 3.05) is 0 Å². The average Bonchev–Trinajstić information content (AvgIpc) is 1.97. The lowest BCUT2D eigenvalue weighted by Crippen LogP contribution is -2.40. The quantitative estimate of drug-likeness (QED) is 0.546. The van der Waals surface area contributed by atoms with Crippen molar-refractivity contribution in [1.29, 1.82) is 0 Å². The van der Waals surface area contributed by atoms with Crippen molar-refractivity contribution in [2.45, 2.75) is 44.6 Å². The highest BCUT2D eigenvalue weighted by Gasteiger charge is 2.22. The minimum Gasteiger partial charge on any atom is -0.365 e. The van der Waals surface area contributed by atoms with Crippen molar-refractivity contribution in [3.05, 3.63) is 0 Å². The third kappa shape index (κ3) is 4.69. The van der Waals surface area contributed by atoms with Gasteiger partial charge in [-0.25, -0.2) is 4.79 Å². The molecule has 0 spiro atoms. The lowest BCUT2D eigenvalue weighted by atomic mass is 10.3. The van der Waals surface area contributed by atoms with Gasteiger partial charge in [0.15, 0.2) is 0 Å². The zero-order chi connectivity index (χ0) is 10.6. The molecule has 0 heterocycles. The normalized spacial score (nSPS) is 11.8. The van der Waals surface area contributed by atoms with Crippen LogP contribution in [0.3, 0.4) is 0 Å². The number of alkyl halides is 2. The van der Waals surface area contributed by atoms with E-state index in [9.17, 15) is 4.79 Å². The van der Waals surface area contributed by atoms with Gasteiger partial charge in [0.25, 0.3) is 0 Å². The number of nitrogens with zero attached hydrogens (tertiary/aromatic N) is 1. The van der Waals surface area contributed by atoms with Crippen LogP contribution < -0.4 is 0 Å². The van der Waals surface area contributed by atoms with Crippen molar-refractivity contribution in [1.82, 2.24) is 5.06 Å². The number of hydrogen-bond acceptors (Lipinski definition) is 3. The van der Waals surface area contributed by atoms with Gasteiger partial charge in [0.1, 0.15) is 0 Å². The van der Waals surface area contributed by atoms with E-state index in [1.807, 2.05) is 27.7 Å². The summed E-state index contributed by atoms with van der Waals surface area (Å²) < 4.78 is 0. The molecule has 0 amide bonds. The maximum Gasteiger partial charge on any atom is 0.358 e. The third-order valence-corrected chi connectivity index (χ3v) is 1.75. The molecule has 3 nitrogen and oxygen atoms in total. The van der Waals surface area contributed by atoms with Gasteiger partial charge in [-0.15, -0.1) is 5.06 Å². The fraction of sp³-hybridized carbons (Fsp3) is 0.875. The molecule has 0 aromatic carbocycles. The molecule has 0 aromatic rings. The molecule has 0 rings (SSSR count). The van der Waals surface area contributed by atoms with E-state index >= 15 is 0 Å². The number of halogens is 2. The first kappa shape index (κ1) is 13.0. The number of hydroxylamine groups is 2. The first-order chi connectivity index (χ1) is 5.86. The predicted octanol–water partition coefficient (Wildman–Crippen LogP) is 2.37. The topological polar surface area (TPSA) is 29.5 Å². The molecule has 0 saturated carbocycles. The Morgan fingerprint density at radius 2 is 1.54 bits per heavy atom. The summed E-state index contributed by atoms with van der Waals surface area (Å²) in [6, 6.07) is 0.215. The summed E-state index contributed by atoms with van der Waals surface area (Å²) in [5, 5.41) is 1.56. The maximum atomic E-state index is 11.0. The van der Waals surface area contributed by atoms with Gasteiger partial charge in [-0.3, -0.25) is 0 Å². The van der Waals surface area contributed by atoms with Gasteiger partial charge >= 0.3 is 5.97 Å². The molecular weight excluding hydrogens is 213 g/mol. The highest BCUT2D eigenvalue weighted by molar-refractivity contribution is 6.52. The van der Waals surface area contributed by atoms with Crippen LogP contribution in [0.2, 0.25) is 0 Å². The molecule has 0 saturated heterocycles.